The summed E-state index contributed by atoms with van der Waals surface area (Å²) < 4.78 is -0.847. The summed E-state index contributed by atoms with van der Waals surface area (Å²) >= 11 is 11.8. The molecule has 1 fully saturated rings. The fourth-order valence-corrected chi connectivity index (χ4v) is 2.30. The summed E-state index contributed by atoms with van der Waals surface area (Å²) in [7, 11) is 0. The van der Waals surface area contributed by atoms with Crippen molar-refractivity contribution in [2.24, 2.45) is 5.41 Å². The highest BCUT2D eigenvalue weighted by Gasteiger charge is 2.67. The average Bonchev–Trinajstić information content (AvgIpc) is 2.67. The van der Waals surface area contributed by atoms with Gasteiger partial charge in [0.1, 0.15) is 4.33 Å². The van der Waals surface area contributed by atoms with Gasteiger partial charge in [0.2, 0.25) is 5.91 Å². The van der Waals surface area contributed by atoms with Crippen molar-refractivity contribution in [1.82, 2.24) is 5.32 Å². The molecule has 15 heavy (non-hydrogen) atoms. The van der Waals surface area contributed by atoms with Crippen LogP contribution in [0.15, 0.2) is 0 Å². The van der Waals surface area contributed by atoms with Crippen LogP contribution >= 0.6 is 23.2 Å². The van der Waals surface area contributed by atoms with E-state index in [1.807, 2.05) is 6.92 Å². The Hall–Kier alpha value is 0.0500. The second-order valence-electron chi connectivity index (χ2n) is 4.53. The smallest absolute Gasteiger partial charge is 0.229 e. The third kappa shape index (κ3) is 3.01. The molecule has 4 heteroatoms. The lowest BCUT2D eigenvalue weighted by molar-refractivity contribution is -0.125. The lowest BCUT2D eigenvalue weighted by atomic mass is 10.1. The molecule has 0 aromatic heterocycles. The van der Waals surface area contributed by atoms with E-state index in [9.17, 15) is 4.79 Å². The third-order valence-corrected chi connectivity index (χ3v) is 4.18. The first kappa shape index (κ1) is 13.1. The quantitative estimate of drug-likeness (QED) is 0.570. The highest BCUT2D eigenvalue weighted by Crippen LogP contribution is 2.63. The molecule has 1 aliphatic rings. The monoisotopic (exact) mass is 251 g/mol. The van der Waals surface area contributed by atoms with Gasteiger partial charge in [-0.05, 0) is 19.8 Å². The van der Waals surface area contributed by atoms with Crippen LogP contribution < -0.4 is 5.32 Å². The van der Waals surface area contributed by atoms with Crippen LogP contribution in [0.5, 0.6) is 0 Å². The van der Waals surface area contributed by atoms with E-state index < -0.39 is 9.75 Å². The van der Waals surface area contributed by atoms with Crippen LogP contribution in [0.4, 0.5) is 0 Å². The second kappa shape index (κ2) is 4.92. The molecule has 1 rings (SSSR count). The highest BCUT2D eigenvalue weighted by atomic mass is 35.5. The zero-order chi connectivity index (χ0) is 11.5. The number of amides is 1. The van der Waals surface area contributed by atoms with E-state index in [2.05, 4.69) is 12.2 Å². The van der Waals surface area contributed by atoms with Gasteiger partial charge < -0.3 is 5.32 Å². The van der Waals surface area contributed by atoms with Crippen molar-refractivity contribution in [3.05, 3.63) is 0 Å². The van der Waals surface area contributed by atoms with Crippen molar-refractivity contribution < 1.29 is 4.79 Å². The molecule has 0 aromatic carbocycles. The number of nitrogens with one attached hydrogen (secondary N) is 1. The number of unbranched alkanes of at least 4 members (excludes halogenated alkanes) is 3. The van der Waals surface area contributed by atoms with Crippen molar-refractivity contribution in [1.29, 1.82) is 0 Å². The molecule has 0 saturated heterocycles. The minimum absolute atomic E-state index is 0.0102. The van der Waals surface area contributed by atoms with Gasteiger partial charge in [-0.3, -0.25) is 4.79 Å². The molecule has 0 spiro atoms. The SMILES string of the molecule is CCCCCCNC(=O)C1(C)CC1(Cl)Cl. The number of hydrogen-bond donors (Lipinski definition) is 1. The Kier molecular flexibility index (Phi) is 4.30. The molecular weight excluding hydrogens is 233 g/mol. The number of carbonyl (C=O) groups excluding carboxylic acids is 1. The first-order valence-electron chi connectivity index (χ1n) is 5.60. The van der Waals surface area contributed by atoms with E-state index in [0.29, 0.717) is 6.42 Å². The normalized spacial score (nSPS) is 27.5. The van der Waals surface area contributed by atoms with Gasteiger partial charge >= 0.3 is 0 Å². The van der Waals surface area contributed by atoms with Crippen LogP contribution in [0.3, 0.4) is 0 Å². The maximum absolute atomic E-state index is 11.7. The maximum Gasteiger partial charge on any atom is 0.229 e. The average molecular weight is 252 g/mol. The number of halogens is 2. The van der Waals surface area contributed by atoms with Crippen LogP contribution in [0.25, 0.3) is 0 Å². The zero-order valence-electron chi connectivity index (χ0n) is 9.41. The Morgan fingerprint density at radius 2 is 1.93 bits per heavy atom. The van der Waals surface area contributed by atoms with Gasteiger partial charge in [-0.2, -0.15) is 0 Å². The first-order valence-corrected chi connectivity index (χ1v) is 6.36. The largest absolute Gasteiger partial charge is 0.356 e. The molecular formula is C11H19Cl2NO. The Bertz CT molecular complexity index is 243. The zero-order valence-corrected chi connectivity index (χ0v) is 10.9. The van der Waals surface area contributed by atoms with Gasteiger partial charge in [0.15, 0.2) is 0 Å². The summed E-state index contributed by atoms with van der Waals surface area (Å²) in [5.41, 5.74) is -0.569. The lowest BCUT2D eigenvalue weighted by Gasteiger charge is -2.12. The van der Waals surface area contributed by atoms with Crippen LogP contribution in [-0.4, -0.2) is 16.8 Å². The predicted molar refractivity (Wildman–Crippen MR) is 64.3 cm³/mol. The molecule has 1 unspecified atom stereocenters. The number of hydrogen-bond acceptors (Lipinski definition) is 1. The van der Waals surface area contributed by atoms with Gasteiger partial charge in [0, 0.05) is 6.54 Å². The fourth-order valence-electron chi connectivity index (χ4n) is 1.60. The van der Waals surface area contributed by atoms with Crippen molar-refractivity contribution >= 4 is 29.1 Å². The Balaban J connectivity index is 2.15. The van der Waals surface area contributed by atoms with E-state index in [0.717, 1.165) is 13.0 Å². The van der Waals surface area contributed by atoms with Crippen molar-refractivity contribution in [2.45, 2.75) is 50.3 Å². The van der Waals surface area contributed by atoms with E-state index in [1.54, 1.807) is 0 Å². The van der Waals surface area contributed by atoms with Crippen molar-refractivity contribution in [2.75, 3.05) is 6.54 Å². The summed E-state index contributed by atoms with van der Waals surface area (Å²) in [6.07, 6.45) is 5.19. The third-order valence-electron chi connectivity index (χ3n) is 3.07. The summed E-state index contributed by atoms with van der Waals surface area (Å²) in [5.74, 6) is -0.0102. The molecule has 1 aliphatic carbocycles. The molecule has 88 valence electrons. The van der Waals surface area contributed by atoms with Gasteiger partial charge in [0.05, 0.1) is 5.41 Å². The minimum Gasteiger partial charge on any atom is -0.356 e. The lowest BCUT2D eigenvalue weighted by Crippen LogP contribution is -2.33. The second-order valence-corrected chi connectivity index (χ2v) is 6.01. The van der Waals surface area contributed by atoms with Gasteiger partial charge in [-0.1, -0.05) is 26.2 Å². The van der Waals surface area contributed by atoms with E-state index in [-0.39, 0.29) is 5.91 Å². The van der Waals surface area contributed by atoms with Crippen LogP contribution in [-0.2, 0) is 4.79 Å². The molecule has 0 radical (unpaired) electrons. The van der Waals surface area contributed by atoms with Gasteiger partial charge in [0.25, 0.3) is 0 Å². The number of carbonyl (C=O) groups is 1. The van der Waals surface area contributed by atoms with E-state index in [4.69, 9.17) is 23.2 Å². The molecule has 0 aliphatic heterocycles. The van der Waals surface area contributed by atoms with Crippen LogP contribution in [0, 0.1) is 5.41 Å². The molecule has 0 heterocycles. The van der Waals surface area contributed by atoms with E-state index >= 15 is 0 Å². The maximum atomic E-state index is 11.7. The highest BCUT2D eigenvalue weighted by molar-refractivity contribution is 6.53. The Labute approximate surface area is 102 Å². The summed E-state index contributed by atoms with van der Waals surface area (Å²) in [6.45, 7) is 4.71. The summed E-state index contributed by atoms with van der Waals surface area (Å²) in [5, 5.41) is 2.89. The topological polar surface area (TPSA) is 29.1 Å². The molecule has 1 N–H and O–H groups in total. The van der Waals surface area contributed by atoms with Crippen molar-refractivity contribution in [3.63, 3.8) is 0 Å². The van der Waals surface area contributed by atoms with Gasteiger partial charge in [-0.15, -0.1) is 23.2 Å². The predicted octanol–water partition coefficient (Wildman–Crippen LogP) is 3.27. The molecule has 2 nitrogen and oxygen atoms in total. The van der Waals surface area contributed by atoms with Crippen LogP contribution in [0.2, 0.25) is 0 Å². The fraction of sp³-hybridized carbons (Fsp3) is 0.909. The summed E-state index contributed by atoms with van der Waals surface area (Å²) in [6, 6.07) is 0. The Morgan fingerprint density at radius 3 is 2.40 bits per heavy atom. The summed E-state index contributed by atoms with van der Waals surface area (Å²) in [4.78, 5) is 11.7. The van der Waals surface area contributed by atoms with Gasteiger partial charge in [-0.25, -0.2) is 0 Å². The number of alkyl halides is 2. The molecule has 1 amide bonds. The molecule has 1 saturated carbocycles. The standard InChI is InChI=1S/C11H19Cl2NO/c1-3-4-5-6-7-14-9(15)10(2)8-11(10,12)13/h3-8H2,1-2H3,(H,14,15). The first-order chi connectivity index (χ1) is 6.94. The van der Waals surface area contributed by atoms with Crippen LogP contribution in [0.1, 0.15) is 46.0 Å². The Morgan fingerprint density at radius 1 is 1.33 bits per heavy atom. The molecule has 0 aromatic rings. The molecule has 1 atom stereocenters. The van der Waals surface area contributed by atoms with E-state index in [1.165, 1.54) is 19.3 Å². The minimum atomic E-state index is -0.847. The molecule has 0 bridgehead atoms. The van der Waals surface area contributed by atoms with Crippen molar-refractivity contribution in [3.8, 4) is 0 Å². The number of rotatable bonds is 6.